The molecule has 3 atom stereocenters. The molecule has 0 radical (unpaired) electrons. The number of amides is 2. The number of hydrogen-bond acceptors (Lipinski definition) is 3. The van der Waals surface area contributed by atoms with E-state index in [-0.39, 0.29) is 17.9 Å². The zero-order chi connectivity index (χ0) is 19.5. The number of carbonyl (C=O) groups excluding carboxylic acids is 2. The monoisotopic (exact) mass is 358 g/mol. The highest BCUT2D eigenvalue weighted by molar-refractivity contribution is 5.87. The summed E-state index contributed by atoms with van der Waals surface area (Å²) in [7, 11) is 0. The van der Waals surface area contributed by atoms with Gasteiger partial charge in [0.15, 0.2) is 0 Å². The van der Waals surface area contributed by atoms with E-state index in [9.17, 15) is 9.59 Å². The summed E-state index contributed by atoms with van der Waals surface area (Å²) in [6, 6.07) is 9.53. The van der Waals surface area contributed by atoms with Crippen molar-refractivity contribution in [3.05, 3.63) is 48.0 Å². The first-order chi connectivity index (χ1) is 12.1. The number of hydrogen-bond donors (Lipinski definition) is 1. The fourth-order valence-electron chi connectivity index (χ4n) is 3.37. The largest absolute Gasteiger partial charge is 0.444 e. The summed E-state index contributed by atoms with van der Waals surface area (Å²) in [6.45, 7) is 13.8. The molecule has 0 saturated carbocycles. The molecule has 1 aliphatic heterocycles. The van der Waals surface area contributed by atoms with E-state index in [0.29, 0.717) is 13.0 Å². The highest BCUT2D eigenvalue weighted by atomic mass is 16.6. The molecule has 0 bridgehead atoms. The predicted octanol–water partition coefficient (Wildman–Crippen LogP) is 3.86. The zero-order valence-electron chi connectivity index (χ0n) is 16.4. The first-order valence-electron chi connectivity index (χ1n) is 9.08. The molecular formula is C21H30N2O3. The summed E-state index contributed by atoms with van der Waals surface area (Å²) in [6.07, 6.45) is -0.0110. The van der Waals surface area contributed by atoms with Crippen molar-refractivity contribution in [1.29, 1.82) is 0 Å². The van der Waals surface area contributed by atoms with Crippen LogP contribution in [0.5, 0.6) is 0 Å². The molecule has 1 fully saturated rings. The van der Waals surface area contributed by atoms with Crippen molar-refractivity contribution in [2.75, 3.05) is 6.54 Å². The van der Waals surface area contributed by atoms with Crippen molar-refractivity contribution in [2.45, 2.75) is 64.6 Å². The van der Waals surface area contributed by atoms with E-state index in [1.54, 1.807) is 20.8 Å². The third kappa shape index (κ3) is 5.10. The van der Waals surface area contributed by atoms with Gasteiger partial charge in [-0.05, 0) is 46.6 Å². The summed E-state index contributed by atoms with van der Waals surface area (Å²) in [5, 5.41) is 2.77. The van der Waals surface area contributed by atoms with Gasteiger partial charge in [0.1, 0.15) is 11.6 Å². The van der Waals surface area contributed by atoms with Crippen LogP contribution in [0.25, 0.3) is 0 Å². The van der Waals surface area contributed by atoms with Crippen LogP contribution in [0, 0.1) is 0 Å². The van der Waals surface area contributed by atoms with E-state index in [4.69, 9.17) is 4.74 Å². The Morgan fingerprint density at radius 3 is 2.46 bits per heavy atom. The molecule has 5 nitrogen and oxygen atoms in total. The van der Waals surface area contributed by atoms with Crippen molar-refractivity contribution in [2.24, 2.45) is 0 Å². The Morgan fingerprint density at radius 2 is 1.92 bits per heavy atom. The molecule has 5 heteroatoms. The smallest absolute Gasteiger partial charge is 0.408 e. The summed E-state index contributed by atoms with van der Waals surface area (Å²) >= 11 is 0. The molecule has 142 valence electrons. The summed E-state index contributed by atoms with van der Waals surface area (Å²) in [4.78, 5) is 27.0. The highest BCUT2D eigenvalue weighted by Crippen LogP contribution is 2.33. The molecule has 1 aromatic carbocycles. The fourth-order valence-corrected chi connectivity index (χ4v) is 3.37. The number of benzene rings is 1. The van der Waals surface area contributed by atoms with Gasteiger partial charge in [-0.25, -0.2) is 4.79 Å². The number of piperidine rings is 1. The molecular weight excluding hydrogens is 328 g/mol. The summed E-state index contributed by atoms with van der Waals surface area (Å²) in [5.74, 6) is 0.0479. The highest BCUT2D eigenvalue weighted by Gasteiger charge is 2.41. The lowest BCUT2D eigenvalue weighted by Crippen LogP contribution is -2.58. The van der Waals surface area contributed by atoms with Gasteiger partial charge in [0, 0.05) is 18.5 Å². The third-order valence-corrected chi connectivity index (χ3v) is 4.50. The van der Waals surface area contributed by atoms with Crippen LogP contribution in [0.2, 0.25) is 0 Å². The number of rotatable bonds is 4. The Kier molecular flexibility index (Phi) is 6.11. The van der Waals surface area contributed by atoms with Crippen molar-refractivity contribution in [3.63, 3.8) is 0 Å². The van der Waals surface area contributed by atoms with Crippen LogP contribution in [-0.4, -0.2) is 41.1 Å². The molecule has 1 N–H and O–H groups in total. The number of nitrogens with one attached hydrogen (secondary N) is 1. The van der Waals surface area contributed by atoms with Gasteiger partial charge in [0.05, 0.1) is 0 Å². The minimum atomic E-state index is -0.606. The molecule has 0 spiro atoms. The lowest BCUT2D eigenvalue weighted by atomic mass is 9.81. The van der Waals surface area contributed by atoms with Crippen molar-refractivity contribution >= 4 is 12.0 Å². The van der Waals surface area contributed by atoms with Gasteiger partial charge in [0.25, 0.3) is 0 Å². The topological polar surface area (TPSA) is 58.6 Å². The first-order valence-corrected chi connectivity index (χ1v) is 9.08. The average Bonchev–Trinajstić information content (AvgIpc) is 2.53. The number of nitrogens with zero attached hydrogens (tertiary/aromatic N) is 1. The lowest BCUT2D eigenvalue weighted by molar-refractivity contribution is -0.139. The standard InChI is InChI=1S/C21H30N2O3/c1-14(2)13-23-15(3)17(16-10-8-7-9-11-16)12-18(19(23)24)22-20(25)26-21(4,5)6/h7-11,15,17-18H,1,12-13H2,2-6H3,(H,22,25)/t15-,17-,18+/m1/s1. The van der Waals surface area contributed by atoms with Crippen LogP contribution < -0.4 is 5.32 Å². The molecule has 1 aromatic rings. The first kappa shape index (κ1) is 20.0. The molecule has 26 heavy (non-hydrogen) atoms. The van der Waals surface area contributed by atoms with Crippen LogP contribution in [0.4, 0.5) is 4.79 Å². The average molecular weight is 358 g/mol. The van der Waals surface area contributed by atoms with Crippen LogP contribution in [0.15, 0.2) is 42.5 Å². The quantitative estimate of drug-likeness (QED) is 0.832. The predicted molar refractivity (Wildman–Crippen MR) is 103 cm³/mol. The van der Waals surface area contributed by atoms with E-state index < -0.39 is 17.7 Å². The van der Waals surface area contributed by atoms with Gasteiger partial charge >= 0.3 is 6.09 Å². The Balaban J connectivity index is 2.25. The van der Waals surface area contributed by atoms with Gasteiger partial charge in [-0.1, -0.05) is 42.5 Å². The molecule has 2 amide bonds. The van der Waals surface area contributed by atoms with E-state index in [1.165, 1.54) is 0 Å². The van der Waals surface area contributed by atoms with Crippen LogP contribution in [0.3, 0.4) is 0 Å². The molecule has 0 aromatic heterocycles. The molecule has 1 heterocycles. The number of alkyl carbamates (subject to hydrolysis) is 1. The minimum Gasteiger partial charge on any atom is -0.444 e. The van der Waals surface area contributed by atoms with Crippen molar-refractivity contribution in [3.8, 4) is 0 Å². The van der Waals surface area contributed by atoms with Crippen LogP contribution in [-0.2, 0) is 9.53 Å². The van der Waals surface area contributed by atoms with Crippen molar-refractivity contribution in [1.82, 2.24) is 10.2 Å². The van der Waals surface area contributed by atoms with Crippen molar-refractivity contribution < 1.29 is 14.3 Å². The molecule has 0 unspecified atom stereocenters. The lowest BCUT2D eigenvalue weighted by Gasteiger charge is -2.43. The maximum absolute atomic E-state index is 13.0. The van der Waals surface area contributed by atoms with Gasteiger partial charge in [-0.3, -0.25) is 4.79 Å². The number of likely N-dealkylation sites (tertiary alicyclic amines) is 1. The maximum Gasteiger partial charge on any atom is 0.408 e. The van der Waals surface area contributed by atoms with Gasteiger partial charge in [-0.15, -0.1) is 0 Å². The van der Waals surface area contributed by atoms with E-state index in [1.807, 2.05) is 30.0 Å². The Hall–Kier alpha value is -2.30. The Labute approximate surface area is 156 Å². The van der Waals surface area contributed by atoms with Crippen LogP contribution >= 0.6 is 0 Å². The molecule has 0 aliphatic carbocycles. The SMILES string of the molecule is C=C(C)CN1C(=O)[C@@H](NC(=O)OC(C)(C)C)C[C@@H](c2ccccc2)[C@H]1C. The zero-order valence-corrected chi connectivity index (χ0v) is 16.4. The second-order valence-corrected chi connectivity index (χ2v) is 8.12. The van der Waals surface area contributed by atoms with Gasteiger partial charge in [-0.2, -0.15) is 0 Å². The molecule has 2 rings (SSSR count). The third-order valence-electron chi connectivity index (χ3n) is 4.50. The fraction of sp³-hybridized carbons (Fsp3) is 0.524. The Bertz CT molecular complexity index is 664. The number of ether oxygens (including phenoxy) is 1. The van der Waals surface area contributed by atoms with E-state index >= 15 is 0 Å². The number of carbonyl (C=O) groups is 2. The van der Waals surface area contributed by atoms with Gasteiger partial charge in [0.2, 0.25) is 5.91 Å². The summed E-state index contributed by atoms with van der Waals surface area (Å²) < 4.78 is 5.33. The van der Waals surface area contributed by atoms with E-state index in [0.717, 1.165) is 11.1 Å². The molecule has 1 saturated heterocycles. The summed E-state index contributed by atoms with van der Waals surface area (Å²) in [5.41, 5.74) is 1.47. The Morgan fingerprint density at radius 1 is 1.31 bits per heavy atom. The normalized spacial score (nSPS) is 23.5. The van der Waals surface area contributed by atoms with Gasteiger partial charge < -0.3 is 15.0 Å². The minimum absolute atomic E-state index is 0.0262. The second-order valence-electron chi connectivity index (χ2n) is 8.12. The maximum atomic E-state index is 13.0. The van der Waals surface area contributed by atoms with E-state index in [2.05, 4.69) is 31.0 Å². The molecule has 1 aliphatic rings. The second kappa shape index (κ2) is 7.94. The van der Waals surface area contributed by atoms with Crippen LogP contribution in [0.1, 0.15) is 52.5 Å².